The summed E-state index contributed by atoms with van der Waals surface area (Å²) in [5, 5.41) is 8.38. The molecule has 2 heteroatoms. The van der Waals surface area contributed by atoms with Gasteiger partial charge in [0.25, 0.3) is 0 Å². The smallest absolute Gasteiger partial charge is 0.136 e. The number of pyridine rings is 1. The van der Waals surface area contributed by atoms with Crippen molar-refractivity contribution < 1.29 is 4.42 Å². The largest absolute Gasteiger partial charge is 0.456 e. The third kappa shape index (κ3) is 3.10. The number of furan rings is 1. The second kappa shape index (κ2) is 8.40. The minimum absolute atomic E-state index is 0.894. The van der Waals surface area contributed by atoms with E-state index >= 15 is 0 Å². The summed E-state index contributed by atoms with van der Waals surface area (Å²) in [7, 11) is 0. The lowest BCUT2D eigenvalue weighted by molar-refractivity contribution is 0.669. The average Bonchev–Trinajstić information content (AvgIpc) is 3.61. The van der Waals surface area contributed by atoms with Crippen LogP contribution in [-0.2, 0) is 0 Å². The van der Waals surface area contributed by atoms with E-state index in [2.05, 4.69) is 127 Å². The van der Waals surface area contributed by atoms with Crippen LogP contribution in [0.1, 0.15) is 0 Å². The Kier molecular flexibility index (Phi) is 4.48. The maximum atomic E-state index is 6.47. The first-order valence-corrected chi connectivity index (χ1v) is 14.7. The van der Waals surface area contributed by atoms with Gasteiger partial charge in [0, 0.05) is 27.7 Å². The van der Waals surface area contributed by atoms with E-state index in [0.29, 0.717) is 0 Å². The molecule has 9 aromatic rings. The SMILES string of the molecule is c1ccc2c(c1)-c1cccc3c(-c4ccc5oc6cccc(-c7cccc8ccc9cccnc9c78)c6c5c4)ccc-2c13. The molecule has 7 aromatic carbocycles. The highest BCUT2D eigenvalue weighted by Crippen LogP contribution is 2.49. The molecule has 198 valence electrons. The lowest BCUT2D eigenvalue weighted by atomic mass is 9.91. The summed E-state index contributed by atoms with van der Waals surface area (Å²) in [6.45, 7) is 0. The van der Waals surface area contributed by atoms with Crippen molar-refractivity contribution in [2.75, 3.05) is 0 Å². The maximum Gasteiger partial charge on any atom is 0.136 e. The molecule has 43 heavy (non-hydrogen) atoms. The molecular formula is C41H23NO. The summed E-state index contributed by atoms with van der Waals surface area (Å²) in [6, 6.07) is 48.1. The van der Waals surface area contributed by atoms with Crippen LogP contribution in [-0.4, -0.2) is 4.98 Å². The number of aromatic nitrogens is 1. The predicted octanol–water partition coefficient (Wildman–Crippen LogP) is 11.4. The fourth-order valence-corrected chi connectivity index (χ4v) is 7.42. The van der Waals surface area contributed by atoms with Gasteiger partial charge in [-0.15, -0.1) is 0 Å². The monoisotopic (exact) mass is 545 g/mol. The van der Waals surface area contributed by atoms with Gasteiger partial charge in [-0.1, -0.05) is 109 Å². The first-order valence-electron chi connectivity index (χ1n) is 14.7. The van der Waals surface area contributed by atoms with Crippen LogP contribution in [0.15, 0.2) is 144 Å². The highest BCUT2D eigenvalue weighted by atomic mass is 16.3. The number of benzene rings is 7. The van der Waals surface area contributed by atoms with E-state index in [1.165, 1.54) is 60.5 Å². The number of fused-ring (bicyclic) bond motifs is 9. The van der Waals surface area contributed by atoms with E-state index in [0.717, 1.165) is 38.4 Å². The fraction of sp³-hybridized carbons (Fsp3) is 0. The molecule has 0 amide bonds. The van der Waals surface area contributed by atoms with Crippen LogP contribution in [0.5, 0.6) is 0 Å². The Morgan fingerprint density at radius 2 is 1.07 bits per heavy atom. The molecule has 0 radical (unpaired) electrons. The molecule has 2 nitrogen and oxygen atoms in total. The summed E-state index contributed by atoms with van der Waals surface area (Å²) in [5.74, 6) is 0. The summed E-state index contributed by atoms with van der Waals surface area (Å²) in [5.41, 5.74) is 12.8. The van der Waals surface area contributed by atoms with Gasteiger partial charge < -0.3 is 4.42 Å². The Hall–Kier alpha value is -5.73. The van der Waals surface area contributed by atoms with Gasteiger partial charge in [-0.05, 0) is 84.9 Å². The van der Waals surface area contributed by atoms with Crippen LogP contribution >= 0.6 is 0 Å². The molecule has 10 rings (SSSR count). The van der Waals surface area contributed by atoms with Crippen LogP contribution < -0.4 is 0 Å². The lowest BCUT2D eigenvalue weighted by Crippen LogP contribution is -1.87. The van der Waals surface area contributed by atoms with Crippen LogP contribution in [0.25, 0.3) is 98.9 Å². The molecule has 0 unspecified atom stereocenters. The van der Waals surface area contributed by atoms with Gasteiger partial charge in [-0.3, -0.25) is 4.98 Å². The Bertz CT molecular complexity index is 2590. The Morgan fingerprint density at radius 1 is 0.395 bits per heavy atom. The highest BCUT2D eigenvalue weighted by molar-refractivity contribution is 6.21. The van der Waals surface area contributed by atoms with Crippen molar-refractivity contribution in [1.29, 1.82) is 0 Å². The third-order valence-electron chi connectivity index (χ3n) is 9.26. The van der Waals surface area contributed by atoms with Gasteiger partial charge in [0.1, 0.15) is 11.2 Å². The quantitative estimate of drug-likeness (QED) is 0.202. The average molecular weight is 546 g/mol. The van der Waals surface area contributed by atoms with Gasteiger partial charge in [0.05, 0.1) is 5.52 Å². The van der Waals surface area contributed by atoms with Crippen LogP contribution in [0.4, 0.5) is 0 Å². The third-order valence-corrected chi connectivity index (χ3v) is 9.26. The minimum atomic E-state index is 0.894. The van der Waals surface area contributed by atoms with Gasteiger partial charge in [0.2, 0.25) is 0 Å². The van der Waals surface area contributed by atoms with Crippen molar-refractivity contribution in [3.63, 3.8) is 0 Å². The van der Waals surface area contributed by atoms with Crippen LogP contribution in [0.3, 0.4) is 0 Å². The molecule has 0 atom stereocenters. The zero-order valence-corrected chi connectivity index (χ0v) is 23.1. The van der Waals surface area contributed by atoms with E-state index in [-0.39, 0.29) is 0 Å². The first kappa shape index (κ1) is 22.9. The van der Waals surface area contributed by atoms with Gasteiger partial charge >= 0.3 is 0 Å². The van der Waals surface area contributed by atoms with Crippen LogP contribution in [0.2, 0.25) is 0 Å². The molecule has 2 heterocycles. The van der Waals surface area contributed by atoms with E-state index in [1.807, 2.05) is 12.3 Å². The molecule has 0 saturated heterocycles. The van der Waals surface area contributed by atoms with E-state index in [4.69, 9.17) is 9.40 Å². The van der Waals surface area contributed by atoms with Crippen molar-refractivity contribution in [3.8, 4) is 44.5 Å². The maximum absolute atomic E-state index is 6.47. The van der Waals surface area contributed by atoms with E-state index in [9.17, 15) is 0 Å². The van der Waals surface area contributed by atoms with Gasteiger partial charge in [-0.25, -0.2) is 0 Å². The zero-order valence-electron chi connectivity index (χ0n) is 23.1. The number of hydrogen-bond donors (Lipinski definition) is 0. The molecule has 1 aliphatic carbocycles. The second-order valence-corrected chi connectivity index (χ2v) is 11.5. The molecule has 0 aliphatic heterocycles. The predicted molar refractivity (Wildman–Crippen MR) is 179 cm³/mol. The van der Waals surface area contributed by atoms with Crippen LogP contribution in [0, 0.1) is 0 Å². The highest BCUT2D eigenvalue weighted by Gasteiger charge is 2.23. The molecule has 0 N–H and O–H groups in total. The summed E-state index contributed by atoms with van der Waals surface area (Å²) in [4.78, 5) is 4.82. The molecule has 2 aromatic heterocycles. The standard InChI is InChI=1S/C41H23NO/c1-2-10-29-28(9-1)31-13-4-12-30-27(19-20-34(29)39(30)31)26-18-21-36-35(23-26)40-33(14-5-15-37(40)43-36)32-11-3-7-24-16-17-25-8-6-22-42-41(25)38(24)32/h1-23H. The Balaban J connectivity index is 1.25. The lowest BCUT2D eigenvalue weighted by Gasteiger charge is -2.11. The second-order valence-electron chi connectivity index (χ2n) is 11.5. The first-order chi connectivity index (χ1) is 21.3. The molecule has 0 fully saturated rings. The summed E-state index contributed by atoms with van der Waals surface area (Å²) < 4.78 is 6.47. The van der Waals surface area contributed by atoms with Gasteiger partial charge in [-0.2, -0.15) is 0 Å². The van der Waals surface area contributed by atoms with Crippen molar-refractivity contribution in [2.45, 2.75) is 0 Å². The van der Waals surface area contributed by atoms with Gasteiger partial charge in [0.15, 0.2) is 0 Å². The summed E-state index contributed by atoms with van der Waals surface area (Å²) >= 11 is 0. The van der Waals surface area contributed by atoms with Crippen molar-refractivity contribution in [2.24, 2.45) is 0 Å². The zero-order chi connectivity index (χ0) is 28.1. The fourth-order valence-electron chi connectivity index (χ4n) is 7.42. The van der Waals surface area contributed by atoms with E-state index < -0.39 is 0 Å². The molecule has 0 saturated carbocycles. The number of hydrogen-bond acceptors (Lipinski definition) is 2. The number of nitrogens with zero attached hydrogens (tertiary/aromatic N) is 1. The molecular weight excluding hydrogens is 522 g/mol. The topological polar surface area (TPSA) is 26.0 Å². The minimum Gasteiger partial charge on any atom is -0.456 e. The van der Waals surface area contributed by atoms with E-state index in [1.54, 1.807) is 0 Å². The van der Waals surface area contributed by atoms with Crippen molar-refractivity contribution in [1.82, 2.24) is 4.98 Å². The number of rotatable bonds is 2. The van der Waals surface area contributed by atoms with Crippen molar-refractivity contribution in [3.05, 3.63) is 140 Å². The molecule has 1 aliphatic rings. The Morgan fingerprint density at radius 3 is 1.95 bits per heavy atom. The Labute approximate surface area is 247 Å². The van der Waals surface area contributed by atoms with Crippen molar-refractivity contribution >= 4 is 54.4 Å². The summed E-state index contributed by atoms with van der Waals surface area (Å²) in [6.07, 6.45) is 1.88. The molecule has 0 bridgehead atoms. The normalized spacial score (nSPS) is 12.2. The molecule has 0 spiro atoms.